The third kappa shape index (κ3) is 4.25. The molecule has 1 aromatic carbocycles. The van der Waals surface area contributed by atoms with E-state index in [2.05, 4.69) is 32.6 Å². The van der Waals surface area contributed by atoms with E-state index in [0.29, 0.717) is 18.0 Å². The average Bonchev–Trinajstić information content (AvgIpc) is 2.21. The van der Waals surface area contributed by atoms with Gasteiger partial charge in [-0.15, -0.1) is 0 Å². The van der Waals surface area contributed by atoms with E-state index in [4.69, 9.17) is 11.6 Å². The van der Waals surface area contributed by atoms with Crippen LogP contribution >= 0.6 is 34.2 Å². The second-order valence-corrected chi connectivity index (χ2v) is 4.53. The zero-order valence-corrected chi connectivity index (χ0v) is 11.1. The van der Waals surface area contributed by atoms with Gasteiger partial charge in [-0.1, -0.05) is 11.6 Å². The maximum Gasteiger partial charge on any atom is 0.307 e. The van der Waals surface area contributed by atoms with E-state index >= 15 is 0 Å². The van der Waals surface area contributed by atoms with E-state index in [1.165, 1.54) is 7.11 Å². The molecule has 0 fully saturated rings. The fourth-order valence-electron chi connectivity index (χ4n) is 1.03. The van der Waals surface area contributed by atoms with Crippen LogP contribution in [0.3, 0.4) is 0 Å². The summed E-state index contributed by atoms with van der Waals surface area (Å²) in [6.45, 7) is 0.521. The first-order valence-electron chi connectivity index (χ1n) is 4.39. The van der Waals surface area contributed by atoms with Crippen LogP contribution in [0.1, 0.15) is 6.42 Å². The van der Waals surface area contributed by atoms with Crippen molar-refractivity contribution in [3.63, 3.8) is 0 Å². The van der Waals surface area contributed by atoms with Gasteiger partial charge in [0.25, 0.3) is 0 Å². The maximum atomic E-state index is 10.8. The predicted octanol–water partition coefficient (Wildman–Crippen LogP) is 2.92. The number of anilines is 1. The molecule has 0 amide bonds. The van der Waals surface area contributed by atoms with Crippen molar-refractivity contribution < 1.29 is 9.53 Å². The lowest BCUT2D eigenvalue weighted by atomic mass is 10.3. The van der Waals surface area contributed by atoms with Crippen LogP contribution in [0.5, 0.6) is 0 Å². The molecule has 3 nitrogen and oxygen atoms in total. The molecule has 1 rings (SSSR count). The minimum atomic E-state index is -0.232. The smallest absolute Gasteiger partial charge is 0.307 e. The Hall–Kier alpha value is -0.490. The number of methoxy groups -OCH3 is 1. The Morgan fingerprint density at radius 2 is 2.33 bits per heavy atom. The largest absolute Gasteiger partial charge is 0.469 e. The molecule has 0 unspecified atom stereocenters. The Labute approximate surface area is 107 Å². The van der Waals surface area contributed by atoms with Crippen LogP contribution in [-0.2, 0) is 9.53 Å². The fraction of sp³-hybridized carbons (Fsp3) is 0.300. The van der Waals surface area contributed by atoms with Crippen molar-refractivity contribution in [1.82, 2.24) is 0 Å². The highest BCUT2D eigenvalue weighted by molar-refractivity contribution is 14.1. The minimum absolute atomic E-state index is 0.232. The third-order valence-electron chi connectivity index (χ3n) is 1.80. The zero-order valence-electron chi connectivity index (χ0n) is 8.22. The quantitative estimate of drug-likeness (QED) is 0.677. The zero-order chi connectivity index (χ0) is 11.3. The van der Waals surface area contributed by atoms with Gasteiger partial charge < -0.3 is 10.1 Å². The lowest BCUT2D eigenvalue weighted by Crippen LogP contribution is -2.09. The van der Waals surface area contributed by atoms with Crippen molar-refractivity contribution in [1.29, 1.82) is 0 Å². The number of carbonyl (C=O) groups is 1. The minimum Gasteiger partial charge on any atom is -0.469 e. The molecule has 0 atom stereocenters. The van der Waals surface area contributed by atoms with Crippen molar-refractivity contribution in [2.75, 3.05) is 19.0 Å². The summed E-state index contributed by atoms with van der Waals surface area (Å²) in [6.07, 6.45) is 0.332. The lowest BCUT2D eigenvalue weighted by Gasteiger charge is -2.07. The fourth-order valence-corrected chi connectivity index (χ4v) is 1.96. The number of hydrogen-bond acceptors (Lipinski definition) is 3. The Morgan fingerprint density at radius 1 is 1.60 bits per heavy atom. The Kier molecular flexibility index (Phi) is 5.17. The number of carbonyl (C=O) groups excluding carboxylic acids is 1. The summed E-state index contributed by atoms with van der Waals surface area (Å²) in [5.74, 6) is -0.232. The number of hydrogen-bond donors (Lipinski definition) is 1. The number of benzene rings is 1. The van der Waals surface area contributed by atoms with Crippen LogP contribution < -0.4 is 5.32 Å². The molecule has 0 heterocycles. The maximum absolute atomic E-state index is 10.8. The van der Waals surface area contributed by atoms with Gasteiger partial charge in [0, 0.05) is 10.1 Å². The second kappa shape index (κ2) is 6.17. The van der Waals surface area contributed by atoms with Crippen molar-refractivity contribution in [2.45, 2.75) is 6.42 Å². The number of nitrogens with one attached hydrogen (secondary N) is 1. The molecule has 1 N–H and O–H groups in total. The predicted molar refractivity (Wildman–Crippen MR) is 69.3 cm³/mol. The van der Waals surface area contributed by atoms with Crippen molar-refractivity contribution in [2.24, 2.45) is 0 Å². The standard InChI is InChI=1S/C10H11ClINO2/c1-15-10(14)4-5-13-9-3-2-7(12)6-8(9)11/h2-3,6,13H,4-5H2,1H3. The molecular formula is C10H11ClINO2. The first-order chi connectivity index (χ1) is 7.13. The van der Waals surface area contributed by atoms with Gasteiger partial charge >= 0.3 is 5.97 Å². The van der Waals surface area contributed by atoms with E-state index in [-0.39, 0.29) is 5.97 Å². The van der Waals surface area contributed by atoms with E-state index in [9.17, 15) is 4.79 Å². The van der Waals surface area contributed by atoms with Gasteiger partial charge in [-0.2, -0.15) is 0 Å². The molecule has 0 aliphatic heterocycles. The molecule has 0 radical (unpaired) electrons. The van der Waals surface area contributed by atoms with E-state index in [1.54, 1.807) is 0 Å². The Balaban J connectivity index is 2.47. The van der Waals surface area contributed by atoms with Gasteiger partial charge in [0.05, 0.1) is 24.2 Å². The van der Waals surface area contributed by atoms with E-state index in [1.807, 2.05) is 18.2 Å². The molecule has 0 aliphatic carbocycles. The average molecular weight is 340 g/mol. The van der Waals surface area contributed by atoms with Gasteiger partial charge in [0.2, 0.25) is 0 Å². The molecule has 82 valence electrons. The molecule has 0 aliphatic rings. The summed E-state index contributed by atoms with van der Waals surface area (Å²) in [5, 5.41) is 3.73. The molecule has 1 aromatic rings. The number of esters is 1. The van der Waals surface area contributed by atoms with Gasteiger partial charge in [-0.05, 0) is 40.8 Å². The summed E-state index contributed by atoms with van der Waals surface area (Å²) in [4.78, 5) is 10.8. The van der Waals surface area contributed by atoms with Gasteiger partial charge in [-0.25, -0.2) is 0 Å². The first-order valence-corrected chi connectivity index (χ1v) is 5.85. The molecule has 0 aromatic heterocycles. The molecule has 0 saturated heterocycles. The monoisotopic (exact) mass is 339 g/mol. The number of halogens is 2. The highest BCUT2D eigenvalue weighted by Crippen LogP contribution is 2.23. The SMILES string of the molecule is COC(=O)CCNc1ccc(I)cc1Cl. The van der Waals surface area contributed by atoms with Crippen LogP contribution in [0.2, 0.25) is 5.02 Å². The topological polar surface area (TPSA) is 38.3 Å². The highest BCUT2D eigenvalue weighted by Gasteiger charge is 2.02. The van der Waals surface area contributed by atoms with Crippen LogP contribution in [-0.4, -0.2) is 19.6 Å². The summed E-state index contributed by atoms with van der Waals surface area (Å²) in [5.41, 5.74) is 0.834. The lowest BCUT2D eigenvalue weighted by molar-refractivity contribution is -0.140. The molecule has 0 spiro atoms. The summed E-state index contributed by atoms with van der Waals surface area (Å²) < 4.78 is 5.60. The van der Waals surface area contributed by atoms with Gasteiger partial charge in [-0.3, -0.25) is 4.79 Å². The Bertz CT molecular complexity index is 357. The van der Waals surface area contributed by atoms with Crippen molar-refractivity contribution >= 4 is 45.8 Å². The normalized spacial score (nSPS) is 9.80. The van der Waals surface area contributed by atoms with Crippen molar-refractivity contribution in [3.05, 3.63) is 26.8 Å². The summed E-state index contributed by atoms with van der Waals surface area (Å²) in [6, 6.07) is 5.71. The van der Waals surface area contributed by atoms with E-state index in [0.717, 1.165) is 9.26 Å². The molecule has 0 saturated carbocycles. The summed E-state index contributed by atoms with van der Waals surface area (Å²) in [7, 11) is 1.38. The van der Waals surface area contributed by atoms with Crippen LogP contribution in [0.15, 0.2) is 18.2 Å². The van der Waals surface area contributed by atoms with Crippen LogP contribution in [0.4, 0.5) is 5.69 Å². The Morgan fingerprint density at radius 3 is 2.93 bits per heavy atom. The van der Waals surface area contributed by atoms with Crippen molar-refractivity contribution in [3.8, 4) is 0 Å². The summed E-state index contributed by atoms with van der Waals surface area (Å²) >= 11 is 8.19. The molecule has 0 bridgehead atoms. The highest BCUT2D eigenvalue weighted by atomic mass is 127. The van der Waals surface area contributed by atoms with Gasteiger partial charge in [0.1, 0.15) is 0 Å². The third-order valence-corrected chi connectivity index (χ3v) is 2.79. The van der Waals surface area contributed by atoms with E-state index < -0.39 is 0 Å². The molecule has 15 heavy (non-hydrogen) atoms. The molecular weight excluding hydrogens is 328 g/mol. The number of ether oxygens (including phenoxy) is 1. The van der Waals surface area contributed by atoms with Crippen LogP contribution in [0.25, 0.3) is 0 Å². The first kappa shape index (κ1) is 12.6. The van der Waals surface area contributed by atoms with Crippen LogP contribution in [0, 0.1) is 3.57 Å². The molecule has 5 heteroatoms. The van der Waals surface area contributed by atoms with Gasteiger partial charge in [0.15, 0.2) is 0 Å². The second-order valence-electron chi connectivity index (χ2n) is 2.88. The number of rotatable bonds is 4.